The zero-order chi connectivity index (χ0) is 13.5. The molecule has 19 heavy (non-hydrogen) atoms. The van der Waals surface area contributed by atoms with Gasteiger partial charge in [0.05, 0.1) is 12.7 Å². The van der Waals surface area contributed by atoms with E-state index in [1.807, 2.05) is 0 Å². The van der Waals surface area contributed by atoms with Crippen molar-refractivity contribution in [2.45, 2.75) is 58.3 Å². The van der Waals surface area contributed by atoms with Gasteiger partial charge in [-0.15, -0.1) is 0 Å². The van der Waals surface area contributed by atoms with Crippen molar-refractivity contribution in [3.63, 3.8) is 0 Å². The van der Waals surface area contributed by atoms with Crippen LogP contribution in [0.2, 0.25) is 0 Å². The van der Waals surface area contributed by atoms with Gasteiger partial charge in [0.1, 0.15) is 0 Å². The Bertz CT molecular complexity index is 350. The molecule has 106 valence electrons. The standard InChI is InChI=1S/C17H26O2/c1-3-8-16-15(4-2)13-18-17(19-16)12-11-14-9-6-5-7-10-14/h5-7,9-10,15-17H,3-4,8,11-13H2,1-2H3/t15-,16+,17-/m0/s1. The average Bonchev–Trinajstić information content (AvgIpc) is 2.47. The zero-order valence-electron chi connectivity index (χ0n) is 12.2. The summed E-state index contributed by atoms with van der Waals surface area (Å²) in [5.41, 5.74) is 1.36. The molecule has 1 aromatic carbocycles. The van der Waals surface area contributed by atoms with Gasteiger partial charge in [0.15, 0.2) is 6.29 Å². The summed E-state index contributed by atoms with van der Waals surface area (Å²) in [5, 5.41) is 0. The molecule has 0 bridgehead atoms. The second-order valence-corrected chi connectivity index (χ2v) is 5.42. The smallest absolute Gasteiger partial charge is 0.158 e. The van der Waals surface area contributed by atoms with E-state index in [0.717, 1.165) is 32.3 Å². The topological polar surface area (TPSA) is 18.5 Å². The van der Waals surface area contributed by atoms with E-state index in [4.69, 9.17) is 9.47 Å². The maximum absolute atomic E-state index is 6.13. The Labute approximate surface area is 117 Å². The fourth-order valence-corrected chi connectivity index (χ4v) is 2.73. The molecule has 0 N–H and O–H groups in total. The van der Waals surface area contributed by atoms with Gasteiger partial charge in [-0.1, -0.05) is 50.6 Å². The van der Waals surface area contributed by atoms with E-state index in [1.54, 1.807) is 0 Å². The normalized spacial score (nSPS) is 27.4. The molecule has 1 saturated heterocycles. The van der Waals surface area contributed by atoms with Crippen LogP contribution in [-0.4, -0.2) is 19.0 Å². The van der Waals surface area contributed by atoms with Crippen LogP contribution in [0.15, 0.2) is 30.3 Å². The molecule has 2 heteroatoms. The lowest BCUT2D eigenvalue weighted by molar-refractivity contribution is -0.239. The average molecular weight is 262 g/mol. The molecular weight excluding hydrogens is 236 g/mol. The first-order chi connectivity index (χ1) is 9.33. The van der Waals surface area contributed by atoms with Crippen LogP contribution in [0.5, 0.6) is 0 Å². The van der Waals surface area contributed by atoms with Crippen molar-refractivity contribution < 1.29 is 9.47 Å². The second-order valence-electron chi connectivity index (χ2n) is 5.42. The first-order valence-corrected chi connectivity index (χ1v) is 7.64. The Balaban J connectivity index is 1.81. The molecule has 2 nitrogen and oxygen atoms in total. The van der Waals surface area contributed by atoms with Gasteiger partial charge in [-0.25, -0.2) is 0 Å². The second kappa shape index (κ2) is 7.66. The Kier molecular flexibility index (Phi) is 5.87. The van der Waals surface area contributed by atoms with Crippen LogP contribution in [-0.2, 0) is 15.9 Å². The van der Waals surface area contributed by atoms with Gasteiger partial charge in [0.25, 0.3) is 0 Å². The van der Waals surface area contributed by atoms with Gasteiger partial charge in [-0.05, 0) is 24.8 Å². The van der Waals surface area contributed by atoms with Gasteiger partial charge < -0.3 is 9.47 Å². The molecule has 0 radical (unpaired) electrons. The molecule has 1 aliphatic heterocycles. The summed E-state index contributed by atoms with van der Waals surface area (Å²) in [6.45, 7) is 5.31. The van der Waals surface area contributed by atoms with Crippen molar-refractivity contribution in [2.24, 2.45) is 5.92 Å². The fourth-order valence-electron chi connectivity index (χ4n) is 2.73. The van der Waals surface area contributed by atoms with Crippen LogP contribution in [0.4, 0.5) is 0 Å². The molecule has 1 aliphatic rings. The van der Waals surface area contributed by atoms with Crippen molar-refractivity contribution in [1.29, 1.82) is 0 Å². The molecule has 0 aromatic heterocycles. The van der Waals surface area contributed by atoms with Gasteiger partial charge in [-0.2, -0.15) is 0 Å². The first-order valence-electron chi connectivity index (χ1n) is 7.64. The summed E-state index contributed by atoms with van der Waals surface area (Å²) in [6, 6.07) is 10.6. The van der Waals surface area contributed by atoms with Crippen molar-refractivity contribution >= 4 is 0 Å². The van der Waals surface area contributed by atoms with Gasteiger partial charge >= 0.3 is 0 Å². The maximum atomic E-state index is 6.13. The summed E-state index contributed by atoms with van der Waals surface area (Å²) < 4.78 is 12.0. The molecule has 0 aliphatic carbocycles. The quantitative estimate of drug-likeness (QED) is 0.765. The zero-order valence-corrected chi connectivity index (χ0v) is 12.2. The van der Waals surface area contributed by atoms with Crippen molar-refractivity contribution in [3.05, 3.63) is 35.9 Å². The highest BCUT2D eigenvalue weighted by atomic mass is 16.7. The molecule has 1 heterocycles. The predicted molar refractivity (Wildman–Crippen MR) is 78.1 cm³/mol. The molecule has 3 atom stereocenters. The molecule has 0 unspecified atom stereocenters. The van der Waals surface area contributed by atoms with E-state index in [1.165, 1.54) is 12.0 Å². The van der Waals surface area contributed by atoms with Crippen LogP contribution >= 0.6 is 0 Å². The number of ether oxygens (including phenoxy) is 2. The lowest BCUT2D eigenvalue weighted by Gasteiger charge is -2.36. The van der Waals surface area contributed by atoms with E-state index >= 15 is 0 Å². The molecular formula is C17H26O2. The predicted octanol–water partition coefficient (Wildman–Crippen LogP) is 4.19. The third kappa shape index (κ3) is 4.32. The van der Waals surface area contributed by atoms with Crippen LogP contribution in [0, 0.1) is 5.92 Å². The fraction of sp³-hybridized carbons (Fsp3) is 0.647. The van der Waals surface area contributed by atoms with E-state index in [0.29, 0.717) is 12.0 Å². The highest BCUT2D eigenvalue weighted by Gasteiger charge is 2.29. The summed E-state index contributed by atoms with van der Waals surface area (Å²) in [7, 11) is 0. The highest BCUT2D eigenvalue weighted by molar-refractivity contribution is 5.14. The lowest BCUT2D eigenvalue weighted by atomic mass is 9.95. The minimum atomic E-state index is -0.0143. The van der Waals surface area contributed by atoms with Crippen LogP contribution < -0.4 is 0 Å². The molecule has 2 rings (SSSR count). The van der Waals surface area contributed by atoms with Crippen LogP contribution in [0.25, 0.3) is 0 Å². The monoisotopic (exact) mass is 262 g/mol. The third-order valence-electron chi connectivity index (χ3n) is 3.96. The highest BCUT2D eigenvalue weighted by Crippen LogP contribution is 2.26. The summed E-state index contributed by atoms with van der Waals surface area (Å²) in [4.78, 5) is 0. The third-order valence-corrected chi connectivity index (χ3v) is 3.96. The first kappa shape index (κ1) is 14.5. The summed E-state index contributed by atoms with van der Waals surface area (Å²) in [6.07, 6.45) is 5.86. The lowest BCUT2D eigenvalue weighted by Crippen LogP contribution is -2.39. The van der Waals surface area contributed by atoms with Crippen molar-refractivity contribution in [2.75, 3.05) is 6.61 Å². The number of hydrogen-bond donors (Lipinski definition) is 0. The van der Waals surface area contributed by atoms with E-state index in [-0.39, 0.29) is 6.29 Å². The maximum Gasteiger partial charge on any atom is 0.158 e. The number of aryl methyl sites for hydroxylation is 1. The minimum absolute atomic E-state index is 0.0143. The Morgan fingerprint density at radius 1 is 1.11 bits per heavy atom. The Hall–Kier alpha value is -0.860. The van der Waals surface area contributed by atoms with Crippen LogP contribution in [0.3, 0.4) is 0 Å². The summed E-state index contributed by atoms with van der Waals surface area (Å²) >= 11 is 0. The van der Waals surface area contributed by atoms with Crippen molar-refractivity contribution in [3.8, 4) is 0 Å². The number of benzene rings is 1. The number of hydrogen-bond acceptors (Lipinski definition) is 2. The minimum Gasteiger partial charge on any atom is -0.352 e. The molecule has 1 fully saturated rings. The van der Waals surface area contributed by atoms with Gasteiger partial charge in [0, 0.05) is 12.3 Å². The Morgan fingerprint density at radius 2 is 1.89 bits per heavy atom. The SMILES string of the molecule is CCC[C@H]1O[C@@H](CCc2ccccc2)OC[C@@H]1CC. The Morgan fingerprint density at radius 3 is 2.58 bits per heavy atom. The van der Waals surface area contributed by atoms with E-state index < -0.39 is 0 Å². The molecule has 0 amide bonds. The van der Waals surface area contributed by atoms with Gasteiger partial charge in [0.2, 0.25) is 0 Å². The molecule has 0 spiro atoms. The summed E-state index contributed by atoms with van der Waals surface area (Å²) in [5.74, 6) is 0.577. The number of rotatable bonds is 6. The molecule has 0 saturated carbocycles. The van der Waals surface area contributed by atoms with E-state index in [2.05, 4.69) is 44.2 Å². The van der Waals surface area contributed by atoms with Crippen molar-refractivity contribution in [1.82, 2.24) is 0 Å². The van der Waals surface area contributed by atoms with Gasteiger partial charge in [-0.3, -0.25) is 0 Å². The molecule has 1 aromatic rings. The van der Waals surface area contributed by atoms with Crippen LogP contribution in [0.1, 0.15) is 45.1 Å². The van der Waals surface area contributed by atoms with E-state index in [9.17, 15) is 0 Å². The largest absolute Gasteiger partial charge is 0.352 e.